The first-order chi connectivity index (χ1) is 9.49. The maximum absolute atomic E-state index is 12.5. The quantitative estimate of drug-likeness (QED) is 0.915. The van der Waals surface area contributed by atoms with Gasteiger partial charge in [0.2, 0.25) is 0 Å². The molecule has 6 heteroatoms. The number of nitrogens with zero attached hydrogens (tertiary/aromatic N) is 3. The molecule has 6 nitrogen and oxygen atoms in total. The van der Waals surface area contributed by atoms with E-state index in [-0.39, 0.29) is 5.91 Å². The predicted molar refractivity (Wildman–Crippen MR) is 73.7 cm³/mol. The first-order valence-corrected chi connectivity index (χ1v) is 6.08. The van der Waals surface area contributed by atoms with Crippen LogP contribution in [0.4, 0.5) is 5.69 Å². The fourth-order valence-electron chi connectivity index (χ4n) is 1.97. The van der Waals surface area contributed by atoms with E-state index < -0.39 is 12.5 Å². The molecule has 2 aromatic rings. The van der Waals surface area contributed by atoms with Gasteiger partial charge in [-0.25, -0.2) is 0 Å². The van der Waals surface area contributed by atoms with Crippen molar-refractivity contribution in [3.8, 4) is 0 Å². The highest BCUT2D eigenvalue weighted by Crippen LogP contribution is 2.17. The van der Waals surface area contributed by atoms with Crippen LogP contribution in [0.25, 0.3) is 0 Å². The molecule has 104 valence electrons. The van der Waals surface area contributed by atoms with Gasteiger partial charge >= 0.3 is 5.97 Å². The topological polar surface area (TPSA) is 75.4 Å². The van der Waals surface area contributed by atoms with Crippen molar-refractivity contribution in [1.29, 1.82) is 0 Å². The molecule has 0 saturated carbocycles. The molecule has 1 aromatic carbocycles. The molecule has 0 radical (unpaired) electrons. The number of carboxylic acids is 1. The molecule has 1 amide bonds. The van der Waals surface area contributed by atoms with Crippen molar-refractivity contribution in [2.24, 2.45) is 7.05 Å². The first-order valence-electron chi connectivity index (χ1n) is 6.08. The summed E-state index contributed by atoms with van der Waals surface area (Å²) in [7, 11) is 1.66. The Hall–Kier alpha value is -2.63. The van der Waals surface area contributed by atoms with Crippen LogP contribution in [-0.2, 0) is 11.8 Å². The maximum Gasteiger partial charge on any atom is 0.323 e. The van der Waals surface area contributed by atoms with Crippen LogP contribution in [0.15, 0.2) is 36.4 Å². The van der Waals surface area contributed by atoms with Gasteiger partial charge in [0.15, 0.2) is 0 Å². The summed E-state index contributed by atoms with van der Waals surface area (Å²) in [6, 6.07) is 10.4. The highest BCUT2D eigenvalue weighted by molar-refractivity contribution is 6.07. The van der Waals surface area contributed by atoms with Crippen LogP contribution in [0.2, 0.25) is 0 Å². The van der Waals surface area contributed by atoms with Crippen molar-refractivity contribution in [2.75, 3.05) is 11.4 Å². The molecule has 1 heterocycles. The molecular formula is C14H15N3O3. The first kappa shape index (κ1) is 13.8. The van der Waals surface area contributed by atoms with Crippen LogP contribution < -0.4 is 4.90 Å². The molecule has 2 rings (SSSR count). The largest absolute Gasteiger partial charge is 0.480 e. The van der Waals surface area contributed by atoms with Gasteiger partial charge in [0, 0.05) is 12.7 Å². The zero-order valence-corrected chi connectivity index (χ0v) is 11.3. The van der Waals surface area contributed by atoms with Gasteiger partial charge in [0.25, 0.3) is 5.91 Å². The van der Waals surface area contributed by atoms with Gasteiger partial charge in [-0.2, -0.15) is 5.10 Å². The highest BCUT2D eigenvalue weighted by atomic mass is 16.4. The molecular weight excluding hydrogens is 258 g/mol. The number of carbonyl (C=O) groups excluding carboxylic acids is 1. The molecule has 20 heavy (non-hydrogen) atoms. The number of amides is 1. The zero-order valence-electron chi connectivity index (χ0n) is 11.3. The lowest BCUT2D eigenvalue weighted by atomic mass is 10.2. The van der Waals surface area contributed by atoms with Gasteiger partial charge in [0.1, 0.15) is 12.2 Å². The number of hydrogen-bond donors (Lipinski definition) is 1. The van der Waals surface area contributed by atoms with E-state index >= 15 is 0 Å². The Balaban J connectivity index is 2.39. The smallest absolute Gasteiger partial charge is 0.323 e. The Bertz CT molecular complexity index is 634. The van der Waals surface area contributed by atoms with E-state index in [2.05, 4.69) is 5.10 Å². The second-order valence-corrected chi connectivity index (χ2v) is 4.42. The Morgan fingerprint density at radius 3 is 2.45 bits per heavy atom. The van der Waals surface area contributed by atoms with Crippen LogP contribution >= 0.6 is 0 Å². The Labute approximate surface area is 116 Å². The van der Waals surface area contributed by atoms with Crippen molar-refractivity contribution < 1.29 is 14.7 Å². The molecule has 0 atom stereocenters. The monoisotopic (exact) mass is 273 g/mol. The third-order valence-electron chi connectivity index (χ3n) is 2.83. The van der Waals surface area contributed by atoms with E-state index in [9.17, 15) is 9.59 Å². The van der Waals surface area contributed by atoms with Crippen molar-refractivity contribution in [2.45, 2.75) is 6.92 Å². The van der Waals surface area contributed by atoms with Gasteiger partial charge in [-0.05, 0) is 25.1 Å². The summed E-state index contributed by atoms with van der Waals surface area (Å²) in [5.41, 5.74) is 1.60. The third kappa shape index (κ3) is 2.85. The fourth-order valence-corrected chi connectivity index (χ4v) is 1.97. The van der Waals surface area contributed by atoms with E-state index in [1.807, 2.05) is 0 Å². The number of hydrogen-bond acceptors (Lipinski definition) is 3. The molecule has 0 spiro atoms. The SMILES string of the molecule is Cc1cc(C(=O)N(CC(=O)O)c2ccccc2)n(C)n1. The van der Waals surface area contributed by atoms with Crippen molar-refractivity contribution in [3.05, 3.63) is 47.8 Å². The van der Waals surface area contributed by atoms with Gasteiger partial charge in [-0.1, -0.05) is 18.2 Å². The number of anilines is 1. The Kier molecular flexibility index (Phi) is 3.84. The molecule has 0 unspecified atom stereocenters. The van der Waals surface area contributed by atoms with E-state index in [1.54, 1.807) is 50.4 Å². The number of benzene rings is 1. The number of aryl methyl sites for hydroxylation is 2. The Morgan fingerprint density at radius 2 is 1.95 bits per heavy atom. The van der Waals surface area contributed by atoms with Crippen LogP contribution in [0, 0.1) is 6.92 Å². The van der Waals surface area contributed by atoms with E-state index in [1.165, 1.54) is 9.58 Å². The maximum atomic E-state index is 12.5. The molecule has 1 N–H and O–H groups in total. The predicted octanol–water partition coefficient (Wildman–Crippen LogP) is 1.46. The summed E-state index contributed by atoms with van der Waals surface area (Å²) in [6.45, 7) is 1.38. The lowest BCUT2D eigenvalue weighted by Crippen LogP contribution is -2.36. The number of rotatable bonds is 4. The molecule has 0 aliphatic carbocycles. The van der Waals surface area contributed by atoms with Crippen LogP contribution in [0.1, 0.15) is 16.2 Å². The van der Waals surface area contributed by atoms with Gasteiger partial charge in [-0.3, -0.25) is 19.2 Å². The van der Waals surface area contributed by atoms with E-state index in [4.69, 9.17) is 5.11 Å². The number of aromatic nitrogens is 2. The molecule has 0 bridgehead atoms. The lowest BCUT2D eigenvalue weighted by molar-refractivity contribution is -0.135. The van der Waals surface area contributed by atoms with Gasteiger partial charge < -0.3 is 5.11 Å². The second kappa shape index (κ2) is 5.56. The zero-order chi connectivity index (χ0) is 14.7. The average molecular weight is 273 g/mol. The minimum Gasteiger partial charge on any atom is -0.480 e. The molecule has 0 fully saturated rings. The number of carbonyl (C=O) groups is 2. The van der Waals surface area contributed by atoms with Gasteiger partial charge in [0.05, 0.1) is 5.69 Å². The fraction of sp³-hybridized carbons (Fsp3) is 0.214. The van der Waals surface area contributed by atoms with Gasteiger partial charge in [-0.15, -0.1) is 0 Å². The Morgan fingerprint density at radius 1 is 1.30 bits per heavy atom. The van der Waals surface area contributed by atoms with Crippen molar-refractivity contribution >= 4 is 17.6 Å². The summed E-state index contributed by atoms with van der Waals surface area (Å²) >= 11 is 0. The third-order valence-corrected chi connectivity index (χ3v) is 2.83. The highest BCUT2D eigenvalue weighted by Gasteiger charge is 2.23. The number of para-hydroxylation sites is 1. The summed E-state index contributed by atoms with van der Waals surface area (Å²) < 4.78 is 1.45. The average Bonchev–Trinajstić information content (AvgIpc) is 2.75. The summed E-state index contributed by atoms with van der Waals surface area (Å²) in [6.07, 6.45) is 0. The standard InChI is InChI=1S/C14H15N3O3/c1-10-8-12(16(2)15-10)14(20)17(9-13(18)19)11-6-4-3-5-7-11/h3-8H,9H2,1-2H3,(H,18,19). The molecule has 0 aliphatic rings. The lowest BCUT2D eigenvalue weighted by Gasteiger charge is -2.20. The van der Waals surface area contributed by atoms with E-state index in [0.717, 1.165) is 0 Å². The molecule has 1 aromatic heterocycles. The van der Waals surface area contributed by atoms with E-state index in [0.29, 0.717) is 17.1 Å². The summed E-state index contributed by atoms with van der Waals surface area (Å²) in [4.78, 5) is 24.7. The minimum atomic E-state index is -1.07. The molecule has 0 aliphatic heterocycles. The summed E-state index contributed by atoms with van der Waals surface area (Å²) in [5, 5.41) is 13.1. The number of aliphatic carboxylic acids is 1. The van der Waals surface area contributed by atoms with Crippen LogP contribution in [0.3, 0.4) is 0 Å². The van der Waals surface area contributed by atoms with Crippen molar-refractivity contribution in [3.63, 3.8) is 0 Å². The van der Waals surface area contributed by atoms with Crippen LogP contribution in [-0.4, -0.2) is 33.3 Å². The number of carboxylic acid groups (broad SMARTS) is 1. The van der Waals surface area contributed by atoms with Crippen LogP contribution in [0.5, 0.6) is 0 Å². The van der Waals surface area contributed by atoms with Crippen molar-refractivity contribution in [1.82, 2.24) is 9.78 Å². The minimum absolute atomic E-state index is 0.354. The summed E-state index contributed by atoms with van der Waals surface area (Å²) in [5.74, 6) is -1.46. The second-order valence-electron chi connectivity index (χ2n) is 4.42. The normalized spacial score (nSPS) is 10.3. The molecule has 0 saturated heterocycles.